The zero-order valence-corrected chi connectivity index (χ0v) is 30.4. The highest BCUT2D eigenvalue weighted by molar-refractivity contribution is 7.99. The molecule has 1 aliphatic heterocycles. The summed E-state index contributed by atoms with van der Waals surface area (Å²) in [5, 5.41) is 1.15. The third kappa shape index (κ3) is 6.44. The molecule has 4 nitrogen and oxygen atoms in total. The molecule has 0 saturated heterocycles. The number of hydrogen-bond donors (Lipinski definition) is 0. The van der Waals surface area contributed by atoms with Gasteiger partial charge < -0.3 is 0 Å². The van der Waals surface area contributed by atoms with E-state index in [0.29, 0.717) is 17.5 Å². The Labute approximate surface area is 320 Å². The molecule has 1 atom stereocenters. The van der Waals surface area contributed by atoms with Crippen LogP contribution in [-0.2, 0) is 5.41 Å². The summed E-state index contributed by atoms with van der Waals surface area (Å²) in [5.41, 5.74) is 9.45. The maximum Gasteiger partial charge on any atom is 0.164 e. The molecule has 1 aliphatic rings. The van der Waals surface area contributed by atoms with Gasteiger partial charge in [0.2, 0.25) is 0 Å². The first-order valence-corrected chi connectivity index (χ1v) is 19.2. The first-order valence-electron chi connectivity index (χ1n) is 18.2. The number of aromatic nitrogens is 4. The van der Waals surface area contributed by atoms with E-state index in [1.54, 1.807) is 0 Å². The van der Waals surface area contributed by atoms with E-state index >= 15 is 0 Å². The standard InChI is InChI=1S/C49H36N4S/c1-2-12-34-54-45-23-10-9-21-43(45)49(32-11-1,39-28-24-35(25-29-39)41-19-13-22-44-42(41)20-14-33-50-44)40-30-26-38(27-31-40)48-52-46(36-15-5-3-6-16-36)51-47(53-48)37-17-7-4-8-18-37/h1-31,33H,32,34H2. The molecule has 0 N–H and O–H groups in total. The first kappa shape index (κ1) is 33.4. The third-order valence-electron chi connectivity index (χ3n) is 10.2. The van der Waals surface area contributed by atoms with Gasteiger partial charge in [0.1, 0.15) is 0 Å². The Morgan fingerprint density at radius 3 is 1.70 bits per heavy atom. The van der Waals surface area contributed by atoms with Gasteiger partial charge in [-0.3, -0.25) is 4.98 Å². The molecule has 0 radical (unpaired) electrons. The smallest absolute Gasteiger partial charge is 0.164 e. The molecule has 0 bridgehead atoms. The van der Waals surface area contributed by atoms with Crippen LogP contribution in [-0.4, -0.2) is 25.7 Å². The molecule has 0 fully saturated rings. The van der Waals surface area contributed by atoms with Crippen molar-refractivity contribution in [2.45, 2.75) is 16.7 Å². The van der Waals surface area contributed by atoms with Crippen molar-refractivity contribution in [1.82, 2.24) is 19.9 Å². The number of rotatable bonds is 6. The van der Waals surface area contributed by atoms with Crippen LogP contribution >= 0.6 is 11.8 Å². The lowest BCUT2D eigenvalue weighted by Gasteiger charge is -2.37. The van der Waals surface area contributed by atoms with Crippen molar-refractivity contribution in [2.75, 3.05) is 5.75 Å². The highest BCUT2D eigenvalue weighted by atomic mass is 32.2. The Balaban J connectivity index is 1.20. The van der Waals surface area contributed by atoms with Crippen LogP contribution < -0.4 is 0 Å². The van der Waals surface area contributed by atoms with Crippen LogP contribution in [0.2, 0.25) is 0 Å². The van der Waals surface area contributed by atoms with Gasteiger partial charge in [-0.25, -0.2) is 15.0 Å². The van der Waals surface area contributed by atoms with Crippen LogP contribution in [0.25, 0.3) is 56.2 Å². The zero-order valence-electron chi connectivity index (χ0n) is 29.6. The summed E-state index contributed by atoms with van der Waals surface area (Å²) in [6.45, 7) is 0. The van der Waals surface area contributed by atoms with Crippen LogP contribution in [0, 0.1) is 0 Å². The minimum atomic E-state index is -0.466. The number of thioether (sulfide) groups is 1. The lowest BCUT2D eigenvalue weighted by Crippen LogP contribution is -2.30. The molecule has 9 rings (SSSR count). The summed E-state index contributed by atoms with van der Waals surface area (Å²) in [7, 11) is 0. The maximum absolute atomic E-state index is 5.01. The van der Waals surface area contributed by atoms with E-state index in [1.165, 1.54) is 32.7 Å². The summed E-state index contributed by atoms with van der Waals surface area (Å²) in [6, 6.07) is 57.7. The van der Waals surface area contributed by atoms with Crippen molar-refractivity contribution in [3.05, 3.63) is 211 Å². The topological polar surface area (TPSA) is 51.6 Å². The second-order valence-corrected chi connectivity index (χ2v) is 14.4. The van der Waals surface area contributed by atoms with Crippen molar-refractivity contribution >= 4 is 22.7 Å². The first-order chi connectivity index (χ1) is 26.8. The molecule has 0 amide bonds. The molecule has 1 unspecified atom stereocenters. The summed E-state index contributed by atoms with van der Waals surface area (Å²) in [4.78, 5) is 20.8. The van der Waals surface area contributed by atoms with Crippen molar-refractivity contribution < 1.29 is 0 Å². The van der Waals surface area contributed by atoms with Gasteiger partial charge >= 0.3 is 0 Å². The number of nitrogens with zero attached hydrogens (tertiary/aromatic N) is 4. The number of pyridine rings is 1. The van der Waals surface area contributed by atoms with Gasteiger partial charge in [0.05, 0.1) is 5.52 Å². The fraction of sp³-hybridized carbons (Fsp3) is 0.0612. The lowest BCUT2D eigenvalue weighted by atomic mass is 9.67. The van der Waals surface area contributed by atoms with E-state index in [2.05, 4.69) is 126 Å². The number of hydrogen-bond acceptors (Lipinski definition) is 5. The van der Waals surface area contributed by atoms with Gasteiger partial charge in [0.25, 0.3) is 0 Å². The van der Waals surface area contributed by atoms with Crippen molar-refractivity contribution in [2.24, 2.45) is 0 Å². The summed E-state index contributed by atoms with van der Waals surface area (Å²) in [5.74, 6) is 2.85. The van der Waals surface area contributed by atoms with Crippen molar-refractivity contribution in [3.63, 3.8) is 0 Å². The van der Waals surface area contributed by atoms with Gasteiger partial charge in [-0.05, 0) is 52.4 Å². The molecule has 0 spiro atoms. The monoisotopic (exact) mass is 712 g/mol. The highest BCUT2D eigenvalue weighted by Gasteiger charge is 2.37. The molecule has 3 heterocycles. The van der Waals surface area contributed by atoms with E-state index in [0.717, 1.165) is 39.8 Å². The van der Waals surface area contributed by atoms with Crippen molar-refractivity contribution in [1.29, 1.82) is 0 Å². The van der Waals surface area contributed by atoms with Crippen LogP contribution in [0.4, 0.5) is 0 Å². The molecule has 258 valence electrons. The number of benzene rings is 6. The van der Waals surface area contributed by atoms with E-state index in [-0.39, 0.29) is 0 Å². The Morgan fingerprint density at radius 2 is 1.04 bits per heavy atom. The predicted octanol–water partition coefficient (Wildman–Crippen LogP) is 12.0. The normalized spacial score (nSPS) is 15.5. The molecule has 0 aliphatic carbocycles. The summed E-state index contributed by atoms with van der Waals surface area (Å²) >= 11 is 1.88. The molecular formula is C49H36N4S. The van der Waals surface area contributed by atoms with Gasteiger partial charge in [-0.15, -0.1) is 11.8 Å². The minimum absolute atomic E-state index is 0.466. The molecule has 6 aromatic carbocycles. The molecule has 54 heavy (non-hydrogen) atoms. The summed E-state index contributed by atoms with van der Waals surface area (Å²) in [6.07, 6.45) is 11.5. The largest absolute Gasteiger partial charge is 0.256 e. The quantitative estimate of drug-likeness (QED) is 0.172. The SMILES string of the molecule is C1=CCSc2ccccc2C(c2ccc(-c3nc(-c4ccccc4)nc(-c4ccccc4)n3)cc2)(c2ccc(-c3cccc4ncccc34)cc2)CC=C1. The van der Waals surface area contributed by atoms with Gasteiger partial charge in [0, 0.05) is 44.3 Å². The average molecular weight is 713 g/mol. The predicted molar refractivity (Wildman–Crippen MR) is 223 cm³/mol. The van der Waals surface area contributed by atoms with Gasteiger partial charge in [-0.1, -0.05) is 170 Å². The van der Waals surface area contributed by atoms with Gasteiger partial charge in [-0.2, -0.15) is 0 Å². The Hall–Kier alpha value is -6.43. The maximum atomic E-state index is 5.01. The molecule has 8 aromatic rings. The average Bonchev–Trinajstić information content (AvgIpc) is 3.25. The fourth-order valence-corrected chi connectivity index (χ4v) is 8.45. The minimum Gasteiger partial charge on any atom is -0.256 e. The second-order valence-electron chi connectivity index (χ2n) is 13.3. The van der Waals surface area contributed by atoms with Crippen LogP contribution in [0.5, 0.6) is 0 Å². The number of allylic oxidation sites excluding steroid dienone is 3. The van der Waals surface area contributed by atoms with Gasteiger partial charge in [0.15, 0.2) is 17.5 Å². The van der Waals surface area contributed by atoms with E-state index in [4.69, 9.17) is 15.0 Å². The second kappa shape index (κ2) is 14.9. The Kier molecular flexibility index (Phi) is 9.22. The molecular weight excluding hydrogens is 677 g/mol. The van der Waals surface area contributed by atoms with Crippen LogP contribution in [0.15, 0.2) is 199 Å². The third-order valence-corrected chi connectivity index (χ3v) is 11.2. The van der Waals surface area contributed by atoms with E-state index < -0.39 is 5.41 Å². The molecule has 5 heteroatoms. The fourth-order valence-electron chi connectivity index (χ4n) is 7.49. The van der Waals surface area contributed by atoms with Crippen molar-refractivity contribution in [3.8, 4) is 45.3 Å². The Morgan fingerprint density at radius 1 is 0.463 bits per heavy atom. The van der Waals surface area contributed by atoms with E-state index in [9.17, 15) is 0 Å². The number of fused-ring (bicyclic) bond motifs is 2. The molecule has 2 aromatic heterocycles. The zero-order chi connectivity index (χ0) is 36.2. The summed E-state index contributed by atoms with van der Waals surface area (Å²) < 4.78 is 0. The Bertz CT molecular complexity index is 2550. The molecule has 0 saturated carbocycles. The van der Waals surface area contributed by atoms with E-state index in [1.807, 2.05) is 84.7 Å². The van der Waals surface area contributed by atoms with Crippen LogP contribution in [0.3, 0.4) is 0 Å². The highest BCUT2D eigenvalue weighted by Crippen LogP contribution is 2.47. The lowest BCUT2D eigenvalue weighted by molar-refractivity contribution is 0.615. The van der Waals surface area contributed by atoms with Crippen LogP contribution in [0.1, 0.15) is 23.1 Å².